The number of hydrogen-bond donors (Lipinski definition) is 2. The van der Waals surface area contributed by atoms with Gasteiger partial charge in [0, 0.05) is 29.0 Å². The van der Waals surface area contributed by atoms with Gasteiger partial charge in [-0.25, -0.2) is 4.98 Å². The van der Waals surface area contributed by atoms with Gasteiger partial charge in [-0.3, -0.25) is 14.9 Å². The molecule has 0 unspecified atom stereocenters. The molecule has 0 saturated carbocycles. The molecule has 2 N–H and O–H groups in total. The highest BCUT2D eigenvalue weighted by Crippen LogP contribution is 2.18. The summed E-state index contributed by atoms with van der Waals surface area (Å²) in [7, 11) is 1.62. The third-order valence-electron chi connectivity index (χ3n) is 3.47. The van der Waals surface area contributed by atoms with Gasteiger partial charge in [-0.1, -0.05) is 12.1 Å². The maximum absolute atomic E-state index is 12.1. The largest absolute Gasteiger partial charge is 0.497 e. The monoisotopic (exact) mass is 401 g/mol. The maximum Gasteiger partial charge on any atom is 0.227 e. The number of carbonyl (C=O) groups is 1. The number of benzene rings is 1. The number of aromatic nitrogens is 4. The van der Waals surface area contributed by atoms with E-state index in [1.54, 1.807) is 19.5 Å². The molecular weight excluding hydrogens is 386 g/mol. The van der Waals surface area contributed by atoms with E-state index in [9.17, 15) is 4.79 Å². The number of rotatable bonds is 6. The predicted molar refractivity (Wildman–Crippen MR) is 95.9 cm³/mol. The second-order valence-electron chi connectivity index (χ2n) is 5.30. The Kier molecular flexibility index (Phi) is 5.39. The summed E-state index contributed by atoms with van der Waals surface area (Å²) in [6, 6.07) is 9.40. The summed E-state index contributed by atoms with van der Waals surface area (Å²) in [6.07, 6.45) is 3.48. The third-order valence-corrected chi connectivity index (χ3v) is 3.91. The van der Waals surface area contributed by atoms with Crippen LogP contribution in [-0.4, -0.2) is 33.2 Å². The van der Waals surface area contributed by atoms with E-state index in [0.717, 1.165) is 21.3 Å². The smallest absolute Gasteiger partial charge is 0.227 e. The van der Waals surface area contributed by atoms with Gasteiger partial charge in [-0.05, 0) is 39.7 Å². The lowest BCUT2D eigenvalue weighted by Gasteiger charge is -2.05. The molecule has 0 saturated heterocycles. The van der Waals surface area contributed by atoms with Crippen molar-refractivity contribution in [2.24, 2.45) is 0 Å². The fourth-order valence-corrected chi connectivity index (χ4v) is 2.56. The van der Waals surface area contributed by atoms with E-state index < -0.39 is 0 Å². The number of aromatic amines is 1. The first-order chi connectivity index (χ1) is 12.1. The number of methoxy groups -OCH3 is 1. The van der Waals surface area contributed by atoms with Crippen LogP contribution in [0.2, 0.25) is 0 Å². The minimum absolute atomic E-state index is 0.130. The van der Waals surface area contributed by atoms with Gasteiger partial charge >= 0.3 is 0 Å². The van der Waals surface area contributed by atoms with Crippen LogP contribution in [0.4, 0.5) is 0 Å². The average Bonchev–Trinajstić information content (AvgIpc) is 3.09. The van der Waals surface area contributed by atoms with Gasteiger partial charge in [-0.2, -0.15) is 5.10 Å². The van der Waals surface area contributed by atoms with Crippen molar-refractivity contribution in [1.82, 2.24) is 25.5 Å². The Hall–Kier alpha value is -2.74. The van der Waals surface area contributed by atoms with Crippen molar-refractivity contribution in [3.05, 3.63) is 58.6 Å². The fourth-order valence-electron chi connectivity index (χ4n) is 2.20. The molecule has 3 aromatic rings. The zero-order chi connectivity index (χ0) is 17.6. The van der Waals surface area contributed by atoms with Crippen molar-refractivity contribution in [1.29, 1.82) is 0 Å². The first kappa shape index (κ1) is 17.1. The van der Waals surface area contributed by atoms with Crippen molar-refractivity contribution in [3.8, 4) is 17.1 Å². The summed E-state index contributed by atoms with van der Waals surface area (Å²) in [6.45, 7) is 0.444. The van der Waals surface area contributed by atoms with Gasteiger partial charge in [-0.15, -0.1) is 0 Å². The van der Waals surface area contributed by atoms with Crippen LogP contribution >= 0.6 is 15.9 Å². The van der Waals surface area contributed by atoms with Crippen LogP contribution in [-0.2, 0) is 17.8 Å². The van der Waals surface area contributed by atoms with Crippen molar-refractivity contribution < 1.29 is 9.53 Å². The van der Waals surface area contributed by atoms with Crippen LogP contribution in [0.5, 0.6) is 5.75 Å². The Morgan fingerprint density at radius 2 is 2.08 bits per heavy atom. The predicted octanol–water partition coefficient (Wildman–Crippen LogP) is 2.50. The molecule has 0 bridgehead atoms. The van der Waals surface area contributed by atoms with Crippen LogP contribution in [0.3, 0.4) is 0 Å². The summed E-state index contributed by atoms with van der Waals surface area (Å²) in [5.74, 6) is 1.66. The molecule has 8 heteroatoms. The van der Waals surface area contributed by atoms with Gasteiger partial charge in [0.25, 0.3) is 0 Å². The summed E-state index contributed by atoms with van der Waals surface area (Å²) in [5.41, 5.74) is 1.77. The lowest BCUT2D eigenvalue weighted by molar-refractivity contribution is -0.120. The first-order valence-corrected chi connectivity index (χ1v) is 8.35. The van der Waals surface area contributed by atoms with Crippen molar-refractivity contribution in [3.63, 3.8) is 0 Å². The maximum atomic E-state index is 12.1. The minimum Gasteiger partial charge on any atom is -0.497 e. The number of nitrogens with zero attached hydrogens (tertiary/aromatic N) is 3. The summed E-state index contributed by atoms with van der Waals surface area (Å²) in [5, 5.41) is 9.77. The zero-order valence-corrected chi connectivity index (χ0v) is 15.1. The number of carbonyl (C=O) groups excluding carboxylic acids is 1. The topological polar surface area (TPSA) is 92.8 Å². The minimum atomic E-state index is -0.133. The van der Waals surface area contributed by atoms with Crippen LogP contribution < -0.4 is 10.1 Å². The molecule has 128 valence electrons. The Labute approximate surface area is 153 Å². The molecule has 0 aliphatic carbocycles. The van der Waals surface area contributed by atoms with E-state index in [4.69, 9.17) is 4.74 Å². The lowest BCUT2D eigenvalue weighted by Crippen LogP contribution is -2.25. The van der Waals surface area contributed by atoms with Gasteiger partial charge in [0.1, 0.15) is 11.6 Å². The SMILES string of the molecule is COc1ccc(CNC(=O)Cc2nc(-c3cncc(Br)c3)n[nH]2)cc1. The third kappa shape index (κ3) is 4.63. The second-order valence-corrected chi connectivity index (χ2v) is 6.21. The highest BCUT2D eigenvalue weighted by atomic mass is 79.9. The summed E-state index contributed by atoms with van der Waals surface area (Å²) in [4.78, 5) is 20.5. The Morgan fingerprint density at radius 3 is 2.80 bits per heavy atom. The van der Waals surface area contributed by atoms with Crippen LogP contribution in [0.25, 0.3) is 11.4 Å². The van der Waals surface area contributed by atoms with Gasteiger partial charge in [0.05, 0.1) is 13.5 Å². The summed E-state index contributed by atoms with van der Waals surface area (Å²) >= 11 is 3.36. The molecule has 0 aliphatic rings. The van der Waals surface area contributed by atoms with E-state index in [1.165, 1.54) is 0 Å². The molecule has 2 heterocycles. The first-order valence-electron chi connectivity index (χ1n) is 7.56. The standard InChI is InChI=1S/C17H16BrN5O2/c1-25-14-4-2-11(3-5-14)8-20-16(24)7-15-21-17(23-22-15)12-6-13(18)10-19-9-12/h2-6,9-10H,7-8H2,1H3,(H,20,24)(H,21,22,23). The lowest BCUT2D eigenvalue weighted by atomic mass is 10.2. The Bertz CT molecular complexity index is 863. The molecule has 2 aromatic heterocycles. The molecule has 0 atom stereocenters. The molecule has 0 spiro atoms. The molecule has 25 heavy (non-hydrogen) atoms. The fraction of sp³-hybridized carbons (Fsp3) is 0.176. The van der Waals surface area contributed by atoms with E-state index in [1.807, 2.05) is 30.3 Å². The normalized spacial score (nSPS) is 10.5. The second kappa shape index (κ2) is 7.89. The number of amides is 1. The zero-order valence-electron chi connectivity index (χ0n) is 13.5. The Morgan fingerprint density at radius 1 is 1.28 bits per heavy atom. The number of pyridine rings is 1. The van der Waals surface area contributed by atoms with Crippen molar-refractivity contribution in [2.45, 2.75) is 13.0 Å². The molecule has 3 rings (SSSR count). The molecular formula is C17H16BrN5O2. The van der Waals surface area contributed by atoms with Crippen molar-refractivity contribution >= 4 is 21.8 Å². The molecule has 0 radical (unpaired) electrons. The van der Waals surface area contributed by atoms with Gasteiger partial charge < -0.3 is 10.1 Å². The number of halogens is 1. The van der Waals surface area contributed by atoms with E-state index in [2.05, 4.69) is 41.4 Å². The van der Waals surface area contributed by atoms with E-state index >= 15 is 0 Å². The number of hydrogen-bond acceptors (Lipinski definition) is 5. The van der Waals surface area contributed by atoms with Gasteiger partial charge in [0.2, 0.25) is 5.91 Å². The number of nitrogens with one attached hydrogen (secondary N) is 2. The molecule has 1 amide bonds. The highest BCUT2D eigenvalue weighted by molar-refractivity contribution is 9.10. The van der Waals surface area contributed by atoms with Crippen LogP contribution in [0.15, 0.2) is 47.2 Å². The van der Waals surface area contributed by atoms with Crippen LogP contribution in [0.1, 0.15) is 11.4 Å². The quantitative estimate of drug-likeness (QED) is 0.661. The van der Waals surface area contributed by atoms with Crippen LogP contribution in [0, 0.1) is 0 Å². The van der Waals surface area contributed by atoms with Gasteiger partial charge in [0.15, 0.2) is 5.82 Å². The number of ether oxygens (including phenoxy) is 1. The molecule has 0 fully saturated rings. The molecule has 0 aliphatic heterocycles. The average molecular weight is 402 g/mol. The summed E-state index contributed by atoms with van der Waals surface area (Å²) < 4.78 is 5.95. The van der Waals surface area contributed by atoms with E-state index in [-0.39, 0.29) is 12.3 Å². The molecule has 1 aromatic carbocycles. The molecule has 7 nitrogen and oxygen atoms in total. The Balaban J connectivity index is 1.56. The van der Waals surface area contributed by atoms with E-state index in [0.29, 0.717) is 18.2 Å². The van der Waals surface area contributed by atoms with Crippen molar-refractivity contribution in [2.75, 3.05) is 7.11 Å². The number of H-pyrrole nitrogens is 1. The highest BCUT2D eigenvalue weighted by Gasteiger charge is 2.10.